The van der Waals surface area contributed by atoms with Crippen molar-refractivity contribution in [2.24, 2.45) is 0 Å². The minimum absolute atomic E-state index is 0.164. The van der Waals surface area contributed by atoms with Crippen LogP contribution in [0.2, 0.25) is 0 Å². The van der Waals surface area contributed by atoms with Crippen LogP contribution in [0.1, 0.15) is 6.42 Å². The second-order valence-electron chi connectivity index (χ2n) is 2.88. The van der Waals surface area contributed by atoms with Crippen LogP contribution in [0.5, 0.6) is 0 Å². The van der Waals surface area contributed by atoms with Gasteiger partial charge in [0.15, 0.2) is 9.84 Å². The molecule has 0 aliphatic carbocycles. The molecule has 0 radical (unpaired) electrons. The van der Waals surface area contributed by atoms with Gasteiger partial charge in [0, 0.05) is 12.8 Å². The highest BCUT2D eigenvalue weighted by Gasteiger charge is 2.32. The van der Waals surface area contributed by atoms with Crippen LogP contribution in [-0.2, 0) is 9.84 Å². The van der Waals surface area contributed by atoms with E-state index in [2.05, 4.69) is 5.32 Å². The maximum absolute atomic E-state index is 12.9. The standard InChI is InChI=1S/C6H12FNO2S/c1-11(9,10)6-2-3-8-4-5(6)7/h5-6,8H,2-4H2,1H3. The lowest BCUT2D eigenvalue weighted by atomic mass is 10.1. The molecule has 0 saturated carbocycles. The molecule has 1 rings (SSSR count). The minimum Gasteiger partial charge on any atom is -0.314 e. The van der Waals surface area contributed by atoms with Crippen LogP contribution in [0.25, 0.3) is 0 Å². The van der Waals surface area contributed by atoms with Gasteiger partial charge >= 0.3 is 0 Å². The zero-order chi connectivity index (χ0) is 8.48. The molecular weight excluding hydrogens is 169 g/mol. The summed E-state index contributed by atoms with van der Waals surface area (Å²) in [5, 5.41) is 2.01. The van der Waals surface area contributed by atoms with E-state index >= 15 is 0 Å². The molecule has 0 bridgehead atoms. The van der Waals surface area contributed by atoms with Crippen LogP contribution in [0, 0.1) is 0 Å². The molecule has 1 fully saturated rings. The lowest BCUT2D eigenvalue weighted by Crippen LogP contribution is -2.45. The van der Waals surface area contributed by atoms with Crippen molar-refractivity contribution >= 4 is 9.84 Å². The molecule has 2 atom stereocenters. The second-order valence-corrected chi connectivity index (χ2v) is 5.14. The predicted molar refractivity (Wildman–Crippen MR) is 41.0 cm³/mol. The topological polar surface area (TPSA) is 46.2 Å². The SMILES string of the molecule is CS(=O)(=O)C1CCNCC1F. The zero-order valence-corrected chi connectivity index (χ0v) is 7.20. The van der Waals surface area contributed by atoms with Gasteiger partial charge in [0.2, 0.25) is 0 Å². The summed E-state index contributed by atoms with van der Waals surface area (Å²) in [6, 6.07) is 0. The maximum atomic E-state index is 12.9. The van der Waals surface area contributed by atoms with Crippen molar-refractivity contribution in [3.8, 4) is 0 Å². The van der Waals surface area contributed by atoms with Crippen molar-refractivity contribution in [3.05, 3.63) is 0 Å². The average Bonchev–Trinajstić information content (AvgIpc) is 1.86. The fourth-order valence-electron chi connectivity index (χ4n) is 1.28. The Balaban J connectivity index is 2.70. The molecule has 5 heteroatoms. The van der Waals surface area contributed by atoms with Crippen molar-refractivity contribution in [1.82, 2.24) is 5.32 Å². The lowest BCUT2D eigenvalue weighted by Gasteiger charge is -2.24. The minimum atomic E-state index is -3.19. The number of nitrogens with one attached hydrogen (secondary N) is 1. The van der Waals surface area contributed by atoms with E-state index in [-0.39, 0.29) is 6.54 Å². The molecule has 1 aliphatic rings. The molecule has 1 saturated heterocycles. The van der Waals surface area contributed by atoms with E-state index in [4.69, 9.17) is 0 Å². The Morgan fingerprint density at radius 1 is 1.55 bits per heavy atom. The number of hydrogen-bond acceptors (Lipinski definition) is 3. The van der Waals surface area contributed by atoms with E-state index in [9.17, 15) is 12.8 Å². The Bertz CT molecular complexity index is 227. The van der Waals surface area contributed by atoms with Gasteiger partial charge in [-0.25, -0.2) is 12.8 Å². The number of hydrogen-bond donors (Lipinski definition) is 1. The number of halogens is 1. The Labute approximate surface area is 65.9 Å². The van der Waals surface area contributed by atoms with E-state index in [0.717, 1.165) is 6.26 Å². The molecule has 3 nitrogen and oxygen atoms in total. The smallest absolute Gasteiger partial charge is 0.153 e. The summed E-state index contributed by atoms with van der Waals surface area (Å²) in [6.07, 6.45) is 0.244. The van der Waals surface area contributed by atoms with Crippen LogP contribution in [0.3, 0.4) is 0 Å². The molecular formula is C6H12FNO2S. The summed E-state index contributed by atoms with van der Waals surface area (Å²) in [7, 11) is -3.19. The van der Waals surface area contributed by atoms with Crippen molar-refractivity contribution < 1.29 is 12.8 Å². The highest BCUT2D eigenvalue weighted by Crippen LogP contribution is 2.15. The lowest BCUT2D eigenvalue weighted by molar-refractivity contribution is 0.268. The number of alkyl halides is 1. The molecule has 1 N–H and O–H groups in total. The van der Waals surface area contributed by atoms with Gasteiger partial charge in [-0.1, -0.05) is 0 Å². The van der Waals surface area contributed by atoms with Crippen molar-refractivity contribution in [1.29, 1.82) is 0 Å². The highest BCUT2D eigenvalue weighted by molar-refractivity contribution is 7.91. The molecule has 0 aromatic carbocycles. The maximum Gasteiger partial charge on any atom is 0.153 e. The predicted octanol–water partition coefficient (Wildman–Crippen LogP) is -0.269. The summed E-state index contributed by atoms with van der Waals surface area (Å²) < 4.78 is 34.8. The van der Waals surface area contributed by atoms with Gasteiger partial charge in [0.25, 0.3) is 0 Å². The van der Waals surface area contributed by atoms with Gasteiger partial charge < -0.3 is 5.32 Å². The third-order valence-corrected chi connectivity index (χ3v) is 3.53. The number of sulfone groups is 1. The van der Waals surface area contributed by atoms with Crippen LogP contribution in [-0.4, -0.2) is 39.2 Å². The monoisotopic (exact) mass is 181 g/mol. The van der Waals surface area contributed by atoms with Crippen molar-refractivity contribution in [2.45, 2.75) is 17.8 Å². The van der Waals surface area contributed by atoms with Gasteiger partial charge in [-0.05, 0) is 13.0 Å². The van der Waals surface area contributed by atoms with Gasteiger partial charge in [-0.2, -0.15) is 0 Å². The van der Waals surface area contributed by atoms with E-state index < -0.39 is 21.3 Å². The average molecular weight is 181 g/mol. The summed E-state index contributed by atoms with van der Waals surface area (Å²) >= 11 is 0. The fraction of sp³-hybridized carbons (Fsp3) is 1.00. The largest absolute Gasteiger partial charge is 0.314 e. The quantitative estimate of drug-likeness (QED) is 0.605. The summed E-state index contributed by atoms with van der Waals surface area (Å²) in [4.78, 5) is 0. The van der Waals surface area contributed by atoms with E-state index in [0.29, 0.717) is 13.0 Å². The third-order valence-electron chi connectivity index (χ3n) is 1.90. The van der Waals surface area contributed by atoms with Gasteiger partial charge in [-0.15, -0.1) is 0 Å². The molecule has 0 aromatic rings. The Hall–Kier alpha value is -0.160. The molecule has 0 aromatic heterocycles. The Morgan fingerprint density at radius 2 is 2.18 bits per heavy atom. The van der Waals surface area contributed by atoms with Crippen LogP contribution in [0.4, 0.5) is 4.39 Å². The van der Waals surface area contributed by atoms with E-state index in [1.807, 2.05) is 0 Å². The molecule has 66 valence electrons. The van der Waals surface area contributed by atoms with Gasteiger partial charge in [-0.3, -0.25) is 0 Å². The van der Waals surface area contributed by atoms with Crippen LogP contribution < -0.4 is 5.32 Å². The van der Waals surface area contributed by atoms with E-state index in [1.165, 1.54) is 0 Å². The molecule has 11 heavy (non-hydrogen) atoms. The molecule has 1 aliphatic heterocycles. The summed E-state index contributed by atoms with van der Waals surface area (Å²) in [5.74, 6) is 0. The first-order chi connectivity index (χ1) is 5.02. The van der Waals surface area contributed by atoms with E-state index in [1.54, 1.807) is 0 Å². The highest BCUT2D eigenvalue weighted by atomic mass is 32.2. The zero-order valence-electron chi connectivity index (χ0n) is 6.38. The first-order valence-corrected chi connectivity index (χ1v) is 5.51. The first kappa shape index (κ1) is 8.93. The molecule has 2 unspecified atom stereocenters. The summed E-state index contributed by atoms with van der Waals surface area (Å²) in [5.41, 5.74) is 0. The Morgan fingerprint density at radius 3 is 2.55 bits per heavy atom. The number of rotatable bonds is 1. The van der Waals surface area contributed by atoms with Crippen LogP contribution in [0.15, 0.2) is 0 Å². The second kappa shape index (κ2) is 3.06. The summed E-state index contributed by atoms with van der Waals surface area (Å²) in [6.45, 7) is 0.760. The molecule has 1 heterocycles. The van der Waals surface area contributed by atoms with Crippen molar-refractivity contribution in [3.63, 3.8) is 0 Å². The normalized spacial score (nSPS) is 33.6. The third kappa shape index (κ3) is 2.13. The molecule has 0 spiro atoms. The Kier molecular flexibility index (Phi) is 2.49. The van der Waals surface area contributed by atoms with Gasteiger partial charge in [0.1, 0.15) is 6.17 Å². The molecule has 0 amide bonds. The first-order valence-electron chi connectivity index (χ1n) is 3.55. The number of piperidine rings is 1. The van der Waals surface area contributed by atoms with Crippen molar-refractivity contribution in [2.75, 3.05) is 19.3 Å². The van der Waals surface area contributed by atoms with Gasteiger partial charge in [0.05, 0.1) is 5.25 Å². The fourth-order valence-corrected chi connectivity index (χ4v) is 2.46. The van der Waals surface area contributed by atoms with Crippen LogP contribution >= 0.6 is 0 Å².